The van der Waals surface area contributed by atoms with Crippen LogP contribution in [-0.4, -0.2) is 49.9 Å². The van der Waals surface area contributed by atoms with E-state index < -0.39 is 0 Å². The second kappa shape index (κ2) is 7.29. The van der Waals surface area contributed by atoms with Gasteiger partial charge in [-0.15, -0.1) is 0 Å². The van der Waals surface area contributed by atoms with Gasteiger partial charge in [-0.2, -0.15) is 5.10 Å². The van der Waals surface area contributed by atoms with Gasteiger partial charge in [0.1, 0.15) is 5.69 Å². The van der Waals surface area contributed by atoms with E-state index in [2.05, 4.69) is 15.4 Å². The summed E-state index contributed by atoms with van der Waals surface area (Å²) < 4.78 is 1.74. The standard InChI is InChI=1S/C20H27N5O2/c1-13-9-18-22-17(10-14(2)25(18)23-13)20(27)21-15-11-19(26)24(12-15)16-7-5-3-4-6-8-16/h9-10,15-16H,3-8,11-12H2,1-2H3,(H,21,27)/t15-/m0/s1. The Bertz CT molecular complexity index is 867. The minimum atomic E-state index is -0.222. The minimum absolute atomic E-state index is 0.141. The normalized spacial score (nSPS) is 21.6. The summed E-state index contributed by atoms with van der Waals surface area (Å²) in [6.45, 7) is 4.42. The van der Waals surface area contributed by atoms with Gasteiger partial charge in [-0.1, -0.05) is 25.7 Å². The van der Waals surface area contributed by atoms with Gasteiger partial charge in [0.2, 0.25) is 5.91 Å². The lowest BCUT2D eigenvalue weighted by molar-refractivity contribution is -0.129. The molecule has 1 N–H and O–H groups in total. The molecule has 1 atom stereocenters. The minimum Gasteiger partial charge on any atom is -0.346 e. The van der Waals surface area contributed by atoms with Crippen molar-refractivity contribution in [3.05, 3.63) is 29.2 Å². The number of carbonyl (C=O) groups excluding carboxylic acids is 2. The number of nitrogens with zero attached hydrogens (tertiary/aromatic N) is 4. The van der Waals surface area contributed by atoms with Crippen LogP contribution in [0.25, 0.3) is 5.65 Å². The average molecular weight is 369 g/mol. The van der Waals surface area contributed by atoms with Crippen LogP contribution < -0.4 is 5.32 Å². The van der Waals surface area contributed by atoms with Gasteiger partial charge in [0.15, 0.2) is 5.65 Å². The monoisotopic (exact) mass is 369 g/mol. The number of aromatic nitrogens is 3. The molecule has 2 aliphatic rings. The molecule has 4 rings (SSSR count). The highest BCUT2D eigenvalue weighted by Crippen LogP contribution is 2.26. The molecule has 0 aromatic carbocycles. The van der Waals surface area contributed by atoms with Crippen molar-refractivity contribution in [3.63, 3.8) is 0 Å². The summed E-state index contributed by atoms with van der Waals surface area (Å²) >= 11 is 0. The summed E-state index contributed by atoms with van der Waals surface area (Å²) in [6.07, 6.45) is 7.48. The third-order valence-electron chi connectivity index (χ3n) is 5.72. The quantitative estimate of drug-likeness (QED) is 0.843. The molecular formula is C20H27N5O2. The fourth-order valence-corrected chi connectivity index (χ4v) is 4.37. The number of aryl methyl sites for hydroxylation is 2. The lowest BCUT2D eigenvalue weighted by Crippen LogP contribution is -2.40. The van der Waals surface area contributed by atoms with E-state index in [0.717, 1.165) is 24.2 Å². The van der Waals surface area contributed by atoms with Gasteiger partial charge in [-0.3, -0.25) is 9.59 Å². The van der Waals surface area contributed by atoms with Crippen LogP contribution in [-0.2, 0) is 4.79 Å². The molecule has 2 amide bonds. The van der Waals surface area contributed by atoms with Gasteiger partial charge < -0.3 is 10.2 Å². The van der Waals surface area contributed by atoms with Crippen molar-refractivity contribution in [2.45, 2.75) is 70.9 Å². The first kappa shape index (κ1) is 17.9. The van der Waals surface area contributed by atoms with Crippen molar-refractivity contribution in [1.82, 2.24) is 24.8 Å². The van der Waals surface area contributed by atoms with E-state index in [1.165, 1.54) is 25.7 Å². The zero-order valence-corrected chi connectivity index (χ0v) is 16.1. The second-order valence-electron chi connectivity index (χ2n) is 7.90. The van der Waals surface area contributed by atoms with Crippen LogP contribution in [0.3, 0.4) is 0 Å². The third kappa shape index (κ3) is 3.68. The van der Waals surface area contributed by atoms with Gasteiger partial charge in [-0.25, -0.2) is 9.50 Å². The van der Waals surface area contributed by atoms with Gasteiger partial charge in [0, 0.05) is 30.8 Å². The number of carbonyl (C=O) groups is 2. The lowest BCUT2D eigenvalue weighted by atomic mass is 10.1. The van der Waals surface area contributed by atoms with Crippen LogP contribution in [0.5, 0.6) is 0 Å². The Balaban J connectivity index is 1.44. The lowest BCUT2D eigenvalue weighted by Gasteiger charge is -2.27. The molecule has 2 aromatic heterocycles. The van der Waals surface area contributed by atoms with E-state index in [1.807, 2.05) is 24.8 Å². The van der Waals surface area contributed by atoms with E-state index in [-0.39, 0.29) is 17.9 Å². The van der Waals surface area contributed by atoms with Gasteiger partial charge in [0.05, 0.1) is 11.7 Å². The van der Waals surface area contributed by atoms with Gasteiger partial charge in [0.25, 0.3) is 5.91 Å². The fourth-order valence-electron chi connectivity index (χ4n) is 4.37. The Morgan fingerprint density at radius 3 is 2.63 bits per heavy atom. The summed E-state index contributed by atoms with van der Waals surface area (Å²) in [4.78, 5) is 31.6. The molecule has 27 heavy (non-hydrogen) atoms. The number of hydrogen-bond donors (Lipinski definition) is 1. The van der Waals surface area contributed by atoms with Crippen molar-refractivity contribution < 1.29 is 9.59 Å². The van der Waals surface area contributed by atoms with E-state index in [1.54, 1.807) is 10.6 Å². The van der Waals surface area contributed by atoms with Crippen LogP contribution in [0, 0.1) is 13.8 Å². The highest BCUT2D eigenvalue weighted by atomic mass is 16.2. The number of likely N-dealkylation sites (tertiary alicyclic amines) is 1. The second-order valence-corrected chi connectivity index (χ2v) is 7.90. The maximum absolute atomic E-state index is 12.7. The largest absolute Gasteiger partial charge is 0.346 e. The van der Waals surface area contributed by atoms with Crippen molar-refractivity contribution in [3.8, 4) is 0 Å². The van der Waals surface area contributed by atoms with Crippen LogP contribution in [0.4, 0.5) is 0 Å². The zero-order chi connectivity index (χ0) is 19.0. The predicted octanol–water partition coefficient (Wildman–Crippen LogP) is 2.40. The summed E-state index contributed by atoms with van der Waals surface area (Å²) in [7, 11) is 0. The van der Waals surface area contributed by atoms with E-state index in [0.29, 0.717) is 30.3 Å². The number of rotatable bonds is 3. The summed E-state index contributed by atoms with van der Waals surface area (Å²) in [5.41, 5.74) is 2.77. The number of fused-ring (bicyclic) bond motifs is 1. The Labute approximate surface area is 159 Å². The predicted molar refractivity (Wildman–Crippen MR) is 102 cm³/mol. The number of nitrogens with one attached hydrogen (secondary N) is 1. The summed E-state index contributed by atoms with van der Waals surface area (Å²) in [5.74, 6) is -0.0572. The molecule has 0 unspecified atom stereocenters. The number of hydrogen-bond acceptors (Lipinski definition) is 4. The molecule has 2 fully saturated rings. The average Bonchev–Trinajstić information content (AvgIpc) is 3.06. The van der Waals surface area contributed by atoms with Crippen LogP contribution >= 0.6 is 0 Å². The highest BCUT2D eigenvalue weighted by Gasteiger charge is 2.35. The molecule has 1 saturated carbocycles. The molecule has 1 aliphatic carbocycles. The first-order valence-electron chi connectivity index (χ1n) is 9.95. The molecule has 1 saturated heterocycles. The van der Waals surface area contributed by atoms with E-state index >= 15 is 0 Å². The first-order valence-corrected chi connectivity index (χ1v) is 9.95. The van der Waals surface area contributed by atoms with Crippen LogP contribution in [0.15, 0.2) is 12.1 Å². The maximum Gasteiger partial charge on any atom is 0.270 e. The van der Waals surface area contributed by atoms with Gasteiger partial charge >= 0.3 is 0 Å². The van der Waals surface area contributed by atoms with Crippen molar-refractivity contribution in [1.29, 1.82) is 0 Å². The van der Waals surface area contributed by atoms with Crippen LogP contribution in [0.2, 0.25) is 0 Å². The molecule has 0 spiro atoms. The summed E-state index contributed by atoms with van der Waals surface area (Å²) in [5, 5.41) is 7.38. The highest BCUT2D eigenvalue weighted by molar-refractivity contribution is 5.94. The third-order valence-corrected chi connectivity index (χ3v) is 5.72. The SMILES string of the molecule is Cc1cc2nc(C(=O)N[C@H]3CC(=O)N(C4CCCCCC4)C3)cc(C)n2n1. The number of amides is 2. The molecule has 0 bridgehead atoms. The van der Waals surface area contributed by atoms with Gasteiger partial charge in [-0.05, 0) is 32.8 Å². The molecule has 7 nitrogen and oxygen atoms in total. The van der Waals surface area contributed by atoms with Crippen molar-refractivity contribution in [2.24, 2.45) is 0 Å². The Kier molecular flexibility index (Phi) is 4.85. The topological polar surface area (TPSA) is 79.6 Å². The van der Waals surface area contributed by atoms with Crippen molar-refractivity contribution in [2.75, 3.05) is 6.54 Å². The molecule has 7 heteroatoms. The summed E-state index contributed by atoms with van der Waals surface area (Å²) in [6, 6.07) is 3.80. The Morgan fingerprint density at radius 2 is 1.89 bits per heavy atom. The molecular weight excluding hydrogens is 342 g/mol. The smallest absolute Gasteiger partial charge is 0.270 e. The Hall–Kier alpha value is -2.44. The van der Waals surface area contributed by atoms with E-state index in [9.17, 15) is 9.59 Å². The molecule has 3 heterocycles. The fraction of sp³-hybridized carbons (Fsp3) is 0.600. The molecule has 1 aliphatic heterocycles. The molecule has 0 radical (unpaired) electrons. The van der Waals surface area contributed by atoms with E-state index in [4.69, 9.17) is 0 Å². The molecule has 2 aromatic rings. The molecule has 144 valence electrons. The van der Waals surface area contributed by atoms with Crippen LogP contribution in [0.1, 0.15) is 66.8 Å². The zero-order valence-electron chi connectivity index (χ0n) is 16.1. The maximum atomic E-state index is 12.7. The Morgan fingerprint density at radius 1 is 1.15 bits per heavy atom. The van der Waals surface area contributed by atoms with Crippen molar-refractivity contribution >= 4 is 17.5 Å². The first-order chi connectivity index (χ1) is 13.0.